The SMILES string of the molecule is CCCC(CC)C1C(c2ccccc2)OC(=O)N1CCCN1CCCCC1. The van der Waals surface area contributed by atoms with E-state index in [4.69, 9.17) is 4.74 Å². The molecule has 2 heterocycles. The van der Waals surface area contributed by atoms with Crippen LogP contribution in [0.2, 0.25) is 0 Å². The fraction of sp³-hybridized carbons (Fsp3) is 0.696. The summed E-state index contributed by atoms with van der Waals surface area (Å²) in [4.78, 5) is 17.4. The second-order valence-electron chi connectivity index (χ2n) is 8.11. The minimum Gasteiger partial charge on any atom is -0.439 e. The van der Waals surface area contributed by atoms with Crippen LogP contribution in [0.15, 0.2) is 30.3 Å². The molecule has 3 rings (SSSR count). The van der Waals surface area contributed by atoms with Gasteiger partial charge in [-0.3, -0.25) is 0 Å². The molecule has 150 valence electrons. The summed E-state index contributed by atoms with van der Waals surface area (Å²) in [6, 6.07) is 10.5. The van der Waals surface area contributed by atoms with Gasteiger partial charge >= 0.3 is 6.09 Å². The predicted octanol–water partition coefficient (Wildman–Crippen LogP) is 5.25. The highest BCUT2D eigenvalue weighted by Gasteiger charge is 2.45. The first-order chi connectivity index (χ1) is 13.2. The van der Waals surface area contributed by atoms with Gasteiger partial charge in [0, 0.05) is 6.54 Å². The van der Waals surface area contributed by atoms with E-state index in [0.717, 1.165) is 44.3 Å². The lowest BCUT2D eigenvalue weighted by atomic mass is 9.85. The molecule has 0 saturated carbocycles. The van der Waals surface area contributed by atoms with Crippen LogP contribution in [0.25, 0.3) is 0 Å². The van der Waals surface area contributed by atoms with E-state index in [-0.39, 0.29) is 18.2 Å². The van der Waals surface area contributed by atoms with Gasteiger partial charge in [0.25, 0.3) is 0 Å². The lowest BCUT2D eigenvalue weighted by molar-refractivity contribution is 0.120. The van der Waals surface area contributed by atoms with E-state index >= 15 is 0 Å². The third-order valence-corrected chi connectivity index (χ3v) is 6.25. The molecule has 0 bridgehead atoms. The second kappa shape index (κ2) is 10.1. The molecule has 4 heteroatoms. The summed E-state index contributed by atoms with van der Waals surface area (Å²) < 4.78 is 5.92. The summed E-state index contributed by atoms with van der Waals surface area (Å²) in [6.45, 7) is 8.82. The Hall–Kier alpha value is -1.55. The van der Waals surface area contributed by atoms with Gasteiger partial charge in [-0.2, -0.15) is 0 Å². The monoisotopic (exact) mass is 372 g/mol. The predicted molar refractivity (Wildman–Crippen MR) is 110 cm³/mol. The fourth-order valence-electron chi connectivity index (χ4n) is 4.82. The number of cyclic esters (lactones) is 1. The van der Waals surface area contributed by atoms with Crippen molar-refractivity contribution in [1.29, 1.82) is 0 Å². The van der Waals surface area contributed by atoms with Crippen LogP contribution < -0.4 is 0 Å². The molecule has 3 atom stereocenters. The quantitative estimate of drug-likeness (QED) is 0.593. The Kier molecular flexibility index (Phi) is 7.57. The zero-order valence-corrected chi connectivity index (χ0v) is 17.1. The maximum absolute atomic E-state index is 12.8. The zero-order valence-electron chi connectivity index (χ0n) is 17.1. The number of amides is 1. The standard InChI is InChI=1S/C23H36N2O2/c1-3-12-19(4-2)21-22(20-13-7-5-8-14-20)27-23(26)25(21)18-11-17-24-15-9-6-10-16-24/h5,7-8,13-14,19,21-22H,3-4,6,9-12,15-18H2,1-2H3. The Morgan fingerprint density at radius 3 is 2.48 bits per heavy atom. The Balaban J connectivity index is 1.70. The molecule has 0 N–H and O–H groups in total. The number of rotatable bonds is 9. The molecular formula is C23H36N2O2. The molecule has 4 nitrogen and oxygen atoms in total. The van der Waals surface area contributed by atoms with E-state index in [2.05, 4.69) is 30.9 Å². The highest BCUT2D eigenvalue weighted by molar-refractivity contribution is 5.71. The Morgan fingerprint density at radius 2 is 1.81 bits per heavy atom. The topological polar surface area (TPSA) is 32.8 Å². The number of carbonyl (C=O) groups excluding carboxylic acids is 1. The van der Waals surface area contributed by atoms with Crippen LogP contribution in [0, 0.1) is 5.92 Å². The van der Waals surface area contributed by atoms with Crippen molar-refractivity contribution in [1.82, 2.24) is 9.80 Å². The van der Waals surface area contributed by atoms with Gasteiger partial charge in [-0.05, 0) is 56.8 Å². The number of hydrogen-bond acceptors (Lipinski definition) is 3. The van der Waals surface area contributed by atoms with Crippen molar-refractivity contribution in [3.63, 3.8) is 0 Å². The number of carbonyl (C=O) groups is 1. The van der Waals surface area contributed by atoms with Crippen LogP contribution in [0.1, 0.15) is 70.5 Å². The van der Waals surface area contributed by atoms with Gasteiger partial charge in [0.15, 0.2) is 0 Å². The van der Waals surface area contributed by atoms with Gasteiger partial charge in [0.1, 0.15) is 6.10 Å². The lowest BCUT2D eigenvalue weighted by Crippen LogP contribution is -2.41. The molecule has 27 heavy (non-hydrogen) atoms. The molecule has 0 aromatic heterocycles. The summed E-state index contributed by atoms with van der Waals surface area (Å²) in [7, 11) is 0. The average molecular weight is 373 g/mol. The van der Waals surface area contributed by atoms with Crippen LogP contribution >= 0.6 is 0 Å². The first kappa shape index (κ1) is 20.2. The van der Waals surface area contributed by atoms with Gasteiger partial charge in [0.2, 0.25) is 0 Å². The van der Waals surface area contributed by atoms with E-state index in [1.807, 2.05) is 23.1 Å². The normalized spacial score (nSPS) is 24.8. The largest absolute Gasteiger partial charge is 0.439 e. The van der Waals surface area contributed by atoms with Crippen LogP contribution in [0.3, 0.4) is 0 Å². The van der Waals surface area contributed by atoms with Crippen LogP contribution in [-0.2, 0) is 4.74 Å². The van der Waals surface area contributed by atoms with Gasteiger partial charge in [-0.25, -0.2) is 4.79 Å². The Labute approximate surface area is 164 Å². The van der Waals surface area contributed by atoms with Crippen molar-refractivity contribution >= 4 is 6.09 Å². The molecule has 1 aromatic carbocycles. The van der Waals surface area contributed by atoms with Gasteiger partial charge in [-0.1, -0.05) is 63.4 Å². The number of hydrogen-bond donors (Lipinski definition) is 0. The zero-order chi connectivity index (χ0) is 19.1. The van der Waals surface area contributed by atoms with Crippen molar-refractivity contribution in [3.05, 3.63) is 35.9 Å². The van der Waals surface area contributed by atoms with Gasteiger partial charge in [0.05, 0.1) is 6.04 Å². The van der Waals surface area contributed by atoms with Crippen molar-refractivity contribution in [2.24, 2.45) is 5.92 Å². The van der Waals surface area contributed by atoms with Gasteiger partial charge < -0.3 is 14.5 Å². The van der Waals surface area contributed by atoms with E-state index in [0.29, 0.717) is 5.92 Å². The third-order valence-electron chi connectivity index (χ3n) is 6.25. The molecule has 1 aromatic rings. The Morgan fingerprint density at radius 1 is 1.07 bits per heavy atom. The number of nitrogens with zero attached hydrogens (tertiary/aromatic N) is 2. The minimum absolute atomic E-state index is 0.123. The molecule has 3 unspecified atom stereocenters. The summed E-state index contributed by atoms with van der Waals surface area (Å²) in [5, 5.41) is 0. The van der Waals surface area contributed by atoms with E-state index in [1.165, 1.54) is 32.4 Å². The molecule has 2 saturated heterocycles. The molecule has 0 radical (unpaired) electrons. The molecule has 1 amide bonds. The maximum Gasteiger partial charge on any atom is 0.410 e. The third kappa shape index (κ3) is 5.04. The lowest BCUT2D eigenvalue weighted by Gasteiger charge is -2.32. The number of benzene rings is 1. The molecule has 2 fully saturated rings. The average Bonchev–Trinajstić information content (AvgIpc) is 3.04. The molecular weight excluding hydrogens is 336 g/mol. The molecule has 2 aliphatic rings. The second-order valence-corrected chi connectivity index (χ2v) is 8.11. The van der Waals surface area contributed by atoms with Crippen molar-refractivity contribution in [2.45, 2.75) is 70.9 Å². The summed E-state index contributed by atoms with van der Waals surface area (Å²) in [6.07, 6.45) is 8.16. The number of piperidine rings is 1. The Bertz CT molecular complexity index is 571. The summed E-state index contributed by atoms with van der Waals surface area (Å²) >= 11 is 0. The number of ether oxygens (including phenoxy) is 1. The highest BCUT2D eigenvalue weighted by atomic mass is 16.6. The summed E-state index contributed by atoms with van der Waals surface area (Å²) in [5.74, 6) is 0.488. The van der Waals surface area contributed by atoms with Crippen molar-refractivity contribution < 1.29 is 9.53 Å². The summed E-state index contributed by atoms with van der Waals surface area (Å²) in [5.41, 5.74) is 1.13. The first-order valence-corrected chi connectivity index (χ1v) is 11.0. The first-order valence-electron chi connectivity index (χ1n) is 11.0. The fourth-order valence-corrected chi connectivity index (χ4v) is 4.82. The van der Waals surface area contributed by atoms with Crippen LogP contribution in [0.5, 0.6) is 0 Å². The number of likely N-dealkylation sites (tertiary alicyclic amines) is 1. The minimum atomic E-state index is -0.134. The van der Waals surface area contributed by atoms with E-state index in [9.17, 15) is 4.79 Å². The van der Waals surface area contributed by atoms with Crippen molar-refractivity contribution in [3.8, 4) is 0 Å². The van der Waals surface area contributed by atoms with Gasteiger partial charge in [-0.15, -0.1) is 0 Å². The van der Waals surface area contributed by atoms with E-state index < -0.39 is 0 Å². The molecule has 0 spiro atoms. The van der Waals surface area contributed by atoms with Crippen LogP contribution in [-0.4, -0.2) is 48.1 Å². The molecule has 2 aliphatic heterocycles. The van der Waals surface area contributed by atoms with E-state index in [1.54, 1.807) is 0 Å². The molecule has 0 aliphatic carbocycles. The van der Waals surface area contributed by atoms with Crippen molar-refractivity contribution in [2.75, 3.05) is 26.2 Å². The maximum atomic E-state index is 12.8. The highest BCUT2D eigenvalue weighted by Crippen LogP contribution is 2.39. The smallest absolute Gasteiger partial charge is 0.410 e. The van der Waals surface area contributed by atoms with Crippen LogP contribution in [0.4, 0.5) is 4.79 Å².